The summed E-state index contributed by atoms with van der Waals surface area (Å²) in [5.41, 5.74) is 2.49. The third-order valence-electron chi connectivity index (χ3n) is 3.44. The standard InChI is InChI=1S/C14H20N6O/c1-9(2)11(4)16-14(21)17-13-7-12(6-5-10(13)3)20-8-15-18-19-20/h5-9,11H,1-4H3,(H2,16,17,21). The van der Waals surface area contributed by atoms with Gasteiger partial charge in [-0.1, -0.05) is 19.9 Å². The number of nitrogens with zero attached hydrogens (tertiary/aromatic N) is 4. The summed E-state index contributed by atoms with van der Waals surface area (Å²) in [6.45, 7) is 8.04. The van der Waals surface area contributed by atoms with E-state index in [0.29, 0.717) is 5.92 Å². The maximum absolute atomic E-state index is 12.0. The van der Waals surface area contributed by atoms with Gasteiger partial charge in [-0.05, 0) is 47.9 Å². The molecule has 0 aliphatic carbocycles. The topological polar surface area (TPSA) is 84.7 Å². The molecule has 7 heteroatoms. The quantitative estimate of drug-likeness (QED) is 0.902. The Labute approximate surface area is 123 Å². The SMILES string of the molecule is Cc1ccc(-n2cnnn2)cc1NC(=O)NC(C)C(C)C. The van der Waals surface area contributed by atoms with Gasteiger partial charge < -0.3 is 10.6 Å². The van der Waals surface area contributed by atoms with Crippen molar-refractivity contribution >= 4 is 11.7 Å². The summed E-state index contributed by atoms with van der Waals surface area (Å²) in [6.07, 6.45) is 1.51. The first-order valence-electron chi connectivity index (χ1n) is 6.89. The predicted octanol–water partition coefficient (Wildman–Crippen LogP) is 2.14. The number of rotatable bonds is 4. The van der Waals surface area contributed by atoms with E-state index in [4.69, 9.17) is 0 Å². The average molecular weight is 288 g/mol. The van der Waals surface area contributed by atoms with Crippen molar-refractivity contribution in [2.24, 2.45) is 5.92 Å². The Kier molecular flexibility index (Phi) is 4.52. The van der Waals surface area contributed by atoms with E-state index in [2.05, 4.69) is 40.0 Å². The van der Waals surface area contributed by atoms with Crippen LogP contribution < -0.4 is 10.6 Å². The van der Waals surface area contributed by atoms with Gasteiger partial charge in [-0.2, -0.15) is 0 Å². The van der Waals surface area contributed by atoms with Gasteiger partial charge in [0.15, 0.2) is 0 Å². The molecule has 0 saturated heterocycles. The summed E-state index contributed by atoms with van der Waals surface area (Å²) < 4.78 is 1.54. The number of carbonyl (C=O) groups excluding carboxylic acids is 1. The smallest absolute Gasteiger partial charge is 0.319 e. The molecule has 21 heavy (non-hydrogen) atoms. The lowest BCUT2D eigenvalue weighted by atomic mass is 10.1. The van der Waals surface area contributed by atoms with Gasteiger partial charge in [0.2, 0.25) is 0 Å². The molecule has 0 fully saturated rings. The highest BCUT2D eigenvalue weighted by Crippen LogP contribution is 2.18. The highest BCUT2D eigenvalue weighted by atomic mass is 16.2. The minimum absolute atomic E-state index is 0.105. The molecule has 0 radical (unpaired) electrons. The third kappa shape index (κ3) is 3.77. The van der Waals surface area contributed by atoms with Crippen molar-refractivity contribution in [3.8, 4) is 5.69 Å². The van der Waals surface area contributed by atoms with Gasteiger partial charge in [-0.3, -0.25) is 0 Å². The van der Waals surface area contributed by atoms with E-state index in [-0.39, 0.29) is 12.1 Å². The molecule has 1 heterocycles. The summed E-state index contributed by atoms with van der Waals surface area (Å²) in [6, 6.07) is 5.54. The number of benzene rings is 1. The Morgan fingerprint density at radius 3 is 2.67 bits per heavy atom. The molecule has 2 amide bonds. The number of anilines is 1. The molecule has 0 spiro atoms. The lowest BCUT2D eigenvalue weighted by Gasteiger charge is -2.18. The maximum Gasteiger partial charge on any atom is 0.319 e. The largest absolute Gasteiger partial charge is 0.335 e. The van der Waals surface area contributed by atoms with Gasteiger partial charge in [0.25, 0.3) is 0 Å². The third-order valence-corrected chi connectivity index (χ3v) is 3.44. The summed E-state index contributed by atoms with van der Waals surface area (Å²) in [4.78, 5) is 12.0. The fraction of sp³-hybridized carbons (Fsp3) is 0.429. The van der Waals surface area contributed by atoms with Crippen LogP contribution in [-0.2, 0) is 0 Å². The summed E-state index contributed by atoms with van der Waals surface area (Å²) in [7, 11) is 0. The molecule has 1 aromatic carbocycles. The molecule has 0 saturated carbocycles. The van der Waals surface area contributed by atoms with Gasteiger partial charge in [0, 0.05) is 11.7 Å². The minimum Gasteiger partial charge on any atom is -0.335 e. The van der Waals surface area contributed by atoms with E-state index in [9.17, 15) is 4.79 Å². The van der Waals surface area contributed by atoms with Crippen LogP contribution in [0.3, 0.4) is 0 Å². The highest BCUT2D eigenvalue weighted by molar-refractivity contribution is 5.90. The van der Waals surface area contributed by atoms with Gasteiger partial charge in [-0.25, -0.2) is 9.48 Å². The first-order valence-corrected chi connectivity index (χ1v) is 6.89. The summed E-state index contributed by atoms with van der Waals surface area (Å²) in [5, 5.41) is 16.8. The Morgan fingerprint density at radius 2 is 2.05 bits per heavy atom. The average Bonchev–Trinajstić information content (AvgIpc) is 2.95. The van der Waals surface area contributed by atoms with Crippen LogP contribution in [0.4, 0.5) is 10.5 Å². The van der Waals surface area contributed by atoms with Gasteiger partial charge >= 0.3 is 6.03 Å². The van der Waals surface area contributed by atoms with E-state index in [0.717, 1.165) is 16.9 Å². The van der Waals surface area contributed by atoms with E-state index >= 15 is 0 Å². The molecule has 2 aromatic rings. The Morgan fingerprint density at radius 1 is 1.29 bits per heavy atom. The van der Waals surface area contributed by atoms with E-state index in [1.165, 1.54) is 6.33 Å². The molecule has 2 N–H and O–H groups in total. The number of urea groups is 1. The minimum atomic E-state index is -0.215. The summed E-state index contributed by atoms with van der Waals surface area (Å²) >= 11 is 0. The van der Waals surface area contributed by atoms with Crippen molar-refractivity contribution in [1.82, 2.24) is 25.5 Å². The monoisotopic (exact) mass is 288 g/mol. The van der Waals surface area contributed by atoms with Crippen LogP contribution in [0.15, 0.2) is 24.5 Å². The second-order valence-corrected chi connectivity index (χ2v) is 5.38. The van der Waals surface area contributed by atoms with Crippen molar-refractivity contribution in [2.75, 3.05) is 5.32 Å². The molecular weight excluding hydrogens is 268 g/mol. The van der Waals surface area contributed by atoms with Gasteiger partial charge in [-0.15, -0.1) is 5.10 Å². The number of hydrogen-bond acceptors (Lipinski definition) is 4. The molecule has 1 aromatic heterocycles. The number of hydrogen-bond donors (Lipinski definition) is 2. The Balaban J connectivity index is 2.12. The molecule has 0 bridgehead atoms. The zero-order valence-corrected chi connectivity index (χ0v) is 12.7. The van der Waals surface area contributed by atoms with Crippen LogP contribution in [-0.4, -0.2) is 32.3 Å². The lowest BCUT2D eigenvalue weighted by Crippen LogP contribution is -2.39. The second kappa shape index (κ2) is 6.34. The van der Waals surface area contributed by atoms with E-state index < -0.39 is 0 Å². The predicted molar refractivity (Wildman–Crippen MR) is 80.3 cm³/mol. The molecule has 0 aliphatic rings. The molecule has 0 aliphatic heterocycles. The van der Waals surface area contributed by atoms with Crippen LogP contribution in [0.1, 0.15) is 26.3 Å². The molecule has 112 valence electrons. The Bertz CT molecular complexity index is 608. The van der Waals surface area contributed by atoms with E-state index in [1.807, 2.05) is 32.0 Å². The van der Waals surface area contributed by atoms with Crippen LogP contribution in [0.5, 0.6) is 0 Å². The molecule has 1 atom stereocenters. The number of aryl methyl sites for hydroxylation is 1. The number of amides is 2. The van der Waals surface area contributed by atoms with E-state index in [1.54, 1.807) is 4.68 Å². The molecular formula is C14H20N6O. The van der Waals surface area contributed by atoms with Crippen LogP contribution in [0, 0.1) is 12.8 Å². The summed E-state index contributed by atoms with van der Waals surface area (Å²) in [5.74, 6) is 0.379. The fourth-order valence-electron chi connectivity index (χ4n) is 1.70. The highest BCUT2D eigenvalue weighted by Gasteiger charge is 2.12. The van der Waals surface area contributed by atoms with Crippen molar-refractivity contribution < 1.29 is 4.79 Å². The normalized spacial score (nSPS) is 12.2. The number of tetrazole rings is 1. The zero-order chi connectivity index (χ0) is 15.4. The van der Waals surface area contributed by atoms with Crippen molar-refractivity contribution in [3.05, 3.63) is 30.1 Å². The first kappa shape index (κ1) is 15.0. The number of nitrogens with one attached hydrogen (secondary N) is 2. The van der Waals surface area contributed by atoms with Crippen molar-refractivity contribution in [1.29, 1.82) is 0 Å². The van der Waals surface area contributed by atoms with Crippen LogP contribution in [0.2, 0.25) is 0 Å². The second-order valence-electron chi connectivity index (χ2n) is 5.38. The number of carbonyl (C=O) groups is 1. The first-order chi connectivity index (χ1) is 9.97. The molecule has 7 nitrogen and oxygen atoms in total. The van der Waals surface area contributed by atoms with Crippen molar-refractivity contribution in [3.63, 3.8) is 0 Å². The fourth-order valence-corrected chi connectivity index (χ4v) is 1.70. The van der Waals surface area contributed by atoms with Crippen molar-refractivity contribution in [2.45, 2.75) is 33.7 Å². The van der Waals surface area contributed by atoms with Gasteiger partial charge in [0.05, 0.1) is 5.69 Å². The zero-order valence-electron chi connectivity index (χ0n) is 12.7. The van der Waals surface area contributed by atoms with Gasteiger partial charge in [0.1, 0.15) is 6.33 Å². The molecule has 1 unspecified atom stereocenters. The van der Waals surface area contributed by atoms with Crippen LogP contribution >= 0.6 is 0 Å². The lowest BCUT2D eigenvalue weighted by molar-refractivity contribution is 0.246. The Hall–Kier alpha value is -2.44. The maximum atomic E-state index is 12.0. The van der Waals surface area contributed by atoms with Crippen LogP contribution in [0.25, 0.3) is 5.69 Å². The molecule has 2 rings (SSSR count). The number of aromatic nitrogens is 4.